The van der Waals surface area contributed by atoms with Gasteiger partial charge in [-0.3, -0.25) is 4.90 Å². The molecule has 0 aliphatic carbocycles. The van der Waals surface area contributed by atoms with Gasteiger partial charge in [-0.25, -0.2) is 14.4 Å². The lowest BCUT2D eigenvalue weighted by atomic mass is 9.84. The summed E-state index contributed by atoms with van der Waals surface area (Å²) in [5, 5.41) is 0. The second-order valence-corrected chi connectivity index (χ2v) is 7.02. The first-order valence-corrected chi connectivity index (χ1v) is 8.67. The molecule has 5 nitrogen and oxygen atoms in total. The van der Waals surface area contributed by atoms with Crippen molar-refractivity contribution in [3.8, 4) is 6.01 Å². The zero-order valence-corrected chi connectivity index (χ0v) is 14.3. The second-order valence-electron chi connectivity index (χ2n) is 7.02. The fourth-order valence-electron chi connectivity index (χ4n) is 3.71. The van der Waals surface area contributed by atoms with Crippen LogP contribution in [0, 0.1) is 12.7 Å². The number of aromatic nitrogens is 2. The molecule has 4 rings (SSSR count). The van der Waals surface area contributed by atoms with E-state index in [2.05, 4.69) is 14.9 Å². The summed E-state index contributed by atoms with van der Waals surface area (Å²) >= 11 is 0. The highest BCUT2D eigenvalue weighted by molar-refractivity contribution is 5.17. The van der Waals surface area contributed by atoms with E-state index in [1.54, 1.807) is 18.3 Å². The minimum absolute atomic E-state index is 0.0758. The number of benzene rings is 1. The van der Waals surface area contributed by atoms with Crippen LogP contribution in [0.4, 0.5) is 4.39 Å². The second kappa shape index (κ2) is 6.69. The van der Waals surface area contributed by atoms with Crippen molar-refractivity contribution in [3.05, 3.63) is 53.6 Å². The SMILES string of the molecule is Cc1ccnc(OC2CCOC3(C2)CN(Cc2cccc(F)c2)C3)n1. The number of ether oxygens (including phenoxy) is 2. The van der Waals surface area contributed by atoms with Crippen LogP contribution in [0.1, 0.15) is 24.1 Å². The van der Waals surface area contributed by atoms with Crippen molar-refractivity contribution >= 4 is 0 Å². The van der Waals surface area contributed by atoms with E-state index in [9.17, 15) is 4.39 Å². The van der Waals surface area contributed by atoms with Crippen LogP contribution in [-0.2, 0) is 11.3 Å². The molecule has 0 saturated carbocycles. The number of nitrogens with zero attached hydrogens (tertiary/aromatic N) is 3. The maximum absolute atomic E-state index is 13.3. The molecule has 0 amide bonds. The molecule has 1 aromatic heterocycles. The molecule has 1 spiro atoms. The van der Waals surface area contributed by atoms with E-state index in [1.165, 1.54) is 6.07 Å². The van der Waals surface area contributed by atoms with Crippen molar-refractivity contribution < 1.29 is 13.9 Å². The molecule has 132 valence electrons. The minimum Gasteiger partial charge on any atom is -0.460 e. The largest absolute Gasteiger partial charge is 0.460 e. The summed E-state index contributed by atoms with van der Waals surface area (Å²) in [5.74, 6) is -0.187. The van der Waals surface area contributed by atoms with Crippen LogP contribution in [0.2, 0.25) is 0 Å². The molecular weight excluding hydrogens is 321 g/mol. The van der Waals surface area contributed by atoms with E-state index in [-0.39, 0.29) is 17.5 Å². The van der Waals surface area contributed by atoms with E-state index < -0.39 is 0 Å². The van der Waals surface area contributed by atoms with Gasteiger partial charge in [-0.1, -0.05) is 12.1 Å². The Hall–Kier alpha value is -2.05. The molecule has 25 heavy (non-hydrogen) atoms. The highest BCUT2D eigenvalue weighted by Crippen LogP contribution is 2.36. The molecule has 1 unspecified atom stereocenters. The van der Waals surface area contributed by atoms with Crippen LogP contribution in [0.5, 0.6) is 6.01 Å². The van der Waals surface area contributed by atoms with E-state index in [1.807, 2.05) is 19.1 Å². The minimum atomic E-state index is -0.187. The lowest BCUT2D eigenvalue weighted by Gasteiger charge is -2.53. The summed E-state index contributed by atoms with van der Waals surface area (Å²) in [4.78, 5) is 10.8. The average Bonchev–Trinajstić information content (AvgIpc) is 2.54. The van der Waals surface area contributed by atoms with Crippen molar-refractivity contribution in [2.75, 3.05) is 19.7 Å². The zero-order chi connectivity index (χ0) is 17.3. The molecule has 2 aromatic rings. The number of likely N-dealkylation sites (tertiary alicyclic amines) is 1. The van der Waals surface area contributed by atoms with Crippen LogP contribution < -0.4 is 4.74 Å². The molecule has 2 aliphatic heterocycles. The Morgan fingerprint density at radius 1 is 1.36 bits per heavy atom. The Balaban J connectivity index is 1.33. The number of hydrogen-bond donors (Lipinski definition) is 0. The Kier molecular flexibility index (Phi) is 4.39. The van der Waals surface area contributed by atoms with Gasteiger partial charge in [0.05, 0.1) is 12.2 Å². The van der Waals surface area contributed by atoms with Gasteiger partial charge in [-0.2, -0.15) is 0 Å². The molecule has 2 aliphatic rings. The van der Waals surface area contributed by atoms with Crippen molar-refractivity contribution in [2.45, 2.75) is 38.0 Å². The summed E-state index contributed by atoms with van der Waals surface area (Å²) in [7, 11) is 0. The molecule has 1 aromatic carbocycles. The quantitative estimate of drug-likeness (QED) is 0.854. The summed E-state index contributed by atoms with van der Waals surface area (Å²) in [6, 6.07) is 9.07. The Bertz CT molecular complexity index is 749. The molecule has 1 atom stereocenters. The highest BCUT2D eigenvalue weighted by atomic mass is 19.1. The first-order valence-electron chi connectivity index (χ1n) is 8.67. The Labute approximate surface area is 146 Å². The molecule has 0 bridgehead atoms. The summed E-state index contributed by atoms with van der Waals surface area (Å²) in [6.07, 6.45) is 3.48. The smallest absolute Gasteiger partial charge is 0.316 e. The first kappa shape index (κ1) is 16.4. The fraction of sp³-hybridized carbons (Fsp3) is 0.474. The molecular formula is C19H22FN3O2. The van der Waals surface area contributed by atoms with Crippen molar-refractivity contribution in [2.24, 2.45) is 0 Å². The van der Waals surface area contributed by atoms with Gasteiger partial charge in [-0.15, -0.1) is 0 Å². The normalized spacial score (nSPS) is 22.6. The molecule has 2 saturated heterocycles. The Morgan fingerprint density at radius 2 is 2.24 bits per heavy atom. The van der Waals surface area contributed by atoms with Crippen molar-refractivity contribution in [1.29, 1.82) is 0 Å². The van der Waals surface area contributed by atoms with E-state index in [4.69, 9.17) is 9.47 Å². The fourth-order valence-corrected chi connectivity index (χ4v) is 3.71. The maximum Gasteiger partial charge on any atom is 0.316 e. The predicted octanol–water partition coefficient (Wildman–Crippen LogP) is 2.74. The average molecular weight is 343 g/mol. The summed E-state index contributed by atoms with van der Waals surface area (Å²) in [6.45, 7) is 5.05. The summed E-state index contributed by atoms with van der Waals surface area (Å²) in [5.41, 5.74) is 1.74. The van der Waals surface area contributed by atoms with Gasteiger partial charge in [0.25, 0.3) is 0 Å². The molecule has 6 heteroatoms. The summed E-state index contributed by atoms with van der Waals surface area (Å²) < 4.78 is 25.3. The third kappa shape index (κ3) is 3.80. The standard InChI is InChI=1S/C19H22FN3O2/c1-14-5-7-21-18(22-14)25-17-6-8-24-19(10-17)12-23(13-19)11-15-3-2-4-16(20)9-15/h2-5,7,9,17H,6,8,10-13H2,1H3. The van der Waals surface area contributed by atoms with Crippen LogP contribution in [-0.4, -0.2) is 46.3 Å². The van der Waals surface area contributed by atoms with Gasteiger partial charge in [0.2, 0.25) is 0 Å². The molecule has 0 N–H and O–H groups in total. The van der Waals surface area contributed by atoms with Gasteiger partial charge >= 0.3 is 6.01 Å². The third-order valence-corrected chi connectivity index (χ3v) is 4.81. The van der Waals surface area contributed by atoms with E-state index >= 15 is 0 Å². The Morgan fingerprint density at radius 3 is 3.04 bits per heavy atom. The third-order valence-electron chi connectivity index (χ3n) is 4.81. The number of aryl methyl sites for hydroxylation is 1. The van der Waals surface area contributed by atoms with Gasteiger partial charge in [0, 0.05) is 44.4 Å². The van der Waals surface area contributed by atoms with E-state index in [0.29, 0.717) is 12.6 Å². The van der Waals surface area contributed by atoms with Gasteiger partial charge in [0.15, 0.2) is 0 Å². The van der Waals surface area contributed by atoms with Gasteiger partial charge < -0.3 is 9.47 Å². The van der Waals surface area contributed by atoms with Crippen molar-refractivity contribution in [3.63, 3.8) is 0 Å². The predicted molar refractivity (Wildman–Crippen MR) is 90.8 cm³/mol. The first-order chi connectivity index (χ1) is 12.1. The lowest BCUT2D eigenvalue weighted by molar-refractivity contribution is -0.188. The van der Waals surface area contributed by atoms with Crippen molar-refractivity contribution in [1.82, 2.24) is 14.9 Å². The number of halogens is 1. The lowest BCUT2D eigenvalue weighted by Crippen LogP contribution is -2.65. The van der Waals surface area contributed by atoms with Crippen LogP contribution in [0.15, 0.2) is 36.5 Å². The molecule has 3 heterocycles. The highest BCUT2D eigenvalue weighted by Gasteiger charge is 2.48. The molecule has 0 radical (unpaired) electrons. The van der Waals surface area contributed by atoms with E-state index in [0.717, 1.165) is 43.7 Å². The molecule has 2 fully saturated rings. The van der Waals surface area contributed by atoms with Gasteiger partial charge in [0.1, 0.15) is 11.9 Å². The topological polar surface area (TPSA) is 47.5 Å². The zero-order valence-electron chi connectivity index (χ0n) is 14.3. The van der Waals surface area contributed by atoms with Crippen LogP contribution in [0.3, 0.4) is 0 Å². The number of hydrogen-bond acceptors (Lipinski definition) is 5. The monoisotopic (exact) mass is 343 g/mol. The van der Waals surface area contributed by atoms with Gasteiger partial charge in [-0.05, 0) is 30.7 Å². The number of rotatable bonds is 4. The van der Waals surface area contributed by atoms with Crippen LogP contribution in [0.25, 0.3) is 0 Å². The maximum atomic E-state index is 13.3. The van der Waals surface area contributed by atoms with Crippen LogP contribution >= 0.6 is 0 Å².